The lowest BCUT2D eigenvalue weighted by molar-refractivity contribution is -0.121. The molecule has 2 aliphatic rings. The number of H-pyrrole nitrogens is 1. The lowest BCUT2D eigenvalue weighted by Crippen LogP contribution is -2.35. The fraction of sp³-hybridized carbons (Fsp3) is 0.625. The first-order valence-electron chi connectivity index (χ1n) is 8.04. The van der Waals surface area contributed by atoms with Gasteiger partial charge in [-0.05, 0) is 44.7 Å². The van der Waals surface area contributed by atoms with E-state index in [0.29, 0.717) is 18.2 Å². The molecule has 1 amide bonds. The van der Waals surface area contributed by atoms with Crippen LogP contribution in [0.3, 0.4) is 0 Å². The molecule has 0 bridgehead atoms. The van der Waals surface area contributed by atoms with Gasteiger partial charge in [-0.3, -0.25) is 9.59 Å². The fourth-order valence-corrected chi connectivity index (χ4v) is 3.37. The van der Waals surface area contributed by atoms with Gasteiger partial charge in [0.2, 0.25) is 11.3 Å². The normalized spacial score (nSPS) is 26.0. The molecular formula is C16H23N3O3. The largest absolute Gasteiger partial charge is 0.377 e. The number of anilines is 1. The Morgan fingerprint density at radius 3 is 2.91 bits per heavy atom. The number of carbonyl (C=O) groups excluding carboxylic acids is 1. The van der Waals surface area contributed by atoms with Gasteiger partial charge in [0.25, 0.3) is 0 Å². The van der Waals surface area contributed by atoms with Crippen molar-refractivity contribution >= 4 is 11.6 Å². The Morgan fingerprint density at radius 1 is 1.32 bits per heavy atom. The summed E-state index contributed by atoms with van der Waals surface area (Å²) in [6, 6.07) is 1.41. The van der Waals surface area contributed by atoms with Crippen LogP contribution in [0.5, 0.6) is 0 Å². The fourth-order valence-electron chi connectivity index (χ4n) is 3.37. The smallest absolute Gasteiger partial charge is 0.230 e. The number of amides is 1. The average Bonchev–Trinajstić information content (AvgIpc) is 2.99. The Bertz CT molecular complexity index is 566. The van der Waals surface area contributed by atoms with E-state index in [-0.39, 0.29) is 23.4 Å². The lowest BCUT2D eigenvalue weighted by atomic mass is 9.87. The highest BCUT2D eigenvalue weighted by Gasteiger charge is 2.35. The van der Waals surface area contributed by atoms with Gasteiger partial charge in [-0.2, -0.15) is 0 Å². The maximum absolute atomic E-state index is 12.5. The van der Waals surface area contributed by atoms with Gasteiger partial charge >= 0.3 is 0 Å². The number of piperidine rings is 1. The molecule has 2 aliphatic heterocycles. The maximum Gasteiger partial charge on any atom is 0.230 e. The monoisotopic (exact) mass is 305 g/mol. The highest BCUT2D eigenvalue weighted by Crippen LogP contribution is 2.30. The van der Waals surface area contributed by atoms with E-state index in [1.54, 1.807) is 6.20 Å². The molecule has 6 nitrogen and oxygen atoms in total. The summed E-state index contributed by atoms with van der Waals surface area (Å²) >= 11 is 0. The van der Waals surface area contributed by atoms with Crippen LogP contribution in [0.15, 0.2) is 23.3 Å². The van der Waals surface area contributed by atoms with Crippen molar-refractivity contribution in [3.63, 3.8) is 0 Å². The third-order valence-electron chi connectivity index (χ3n) is 4.65. The molecule has 0 aromatic carbocycles. The predicted molar refractivity (Wildman–Crippen MR) is 83.8 cm³/mol. The summed E-state index contributed by atoms with van der Waals surface area (Å²) < 4.78 is 5.79. The summed E-state index contributed by atoms with van der Waals surface area (Å²) in [5.74, 6) is 0.363. The summed E-state index contributed by atoms with van der Waals surface area (Å²) in [4.78, 5) is 27.0. The number of hydrogen-bond donors (Lipinski definition) is 3. The van der Waals surface area contributed by atoms with E-state index in [1.807, 2.05) is 0 Å². The molecule has 3 N–H and O–H groups in total. The van der Waals surface area contributed by atoms with Crippen molar-refractivity contribution in [1.29, 1.82) is 0 Å². The number of aromatic amines is 1. The first kappa shape index (κ1) is 15.2. The van der Waals surface area contributed by atoms with Crippen molar-refractivity contribution in [1.82, 2.24) is 10.3 Å². The Hall–Kier alpha value is -1.66. The second kappa shape index (κ2) is 7.07. The molecule has 1 aromatic rings. The number of rotatable bonds is 4. The topological polar surface area (TPSA) is 83.2 Å². The summed E-state index contributed by atoms with van der Waals surface area (Å²) in [6.45, 7) is 2.72. The maximum atomic E-state index is 12.5. The van der Waals surface area contributed by atoms with Gasteiger partial charge in [0.15, 0.2) is 0 Å². The Kier molecular flexibility index (Phi) is 4.90. The zero-order chi connectivity index (χ0) is 15.4. The van der Waals surface area contributed by atoms with Crippen LogP contribution in [0, 0.1) is 11.8 Å². The van der Waals surface area contributed by atoms with E-state index in [2.05, 4.69) is 15.6 Å². The van der Waals surface area contributed by atoms with Crippen molar-refractivity contribution in [3.05, 3.63) is 28.7 Å². The molecule has 22 heavy (non-hydrogen) atoms. The minimum absolute atomic E-state index is 0.0223. The molecular weight excluding hydrogens is 282 g/mol. The number of aromatic nitrogens is 1. The van der Waals surface area contributed by atoms with Gasteiger partial charge in [0.05, 0.1) is 12.0 Å². The highest BCUT2D eigenvalue weighted by atomic mass is 16.5. The number of nitrogens with one attached hydrogen (secondary N) is 3. The van der Waals surface area contributed by atoms with Crippen molar-refractivity contribution in [2.75, 3.05) is 25.0 Å². The van der Waals surface area contributed by atoms with Crippen molar-refractivity contribution in [3.8, 4) is 0 Å². The average molecular weight is 305 g/mol. The number of hydrogen-bond acceptors (Lipinski definition) is 4. The van der Waals surface area contributed by atoms with Crippen LogP contribution in [0.25, 0.3) is 0 Å². The van der Waals surface area contributed by atoms with Gasteiger partial charge in [0, 0.05) is 25.1 Å². The van der Waals surface area contributed by atoms with Crippen LogP contribution in [-0.4, -0.2) is 36.7 Å². The Labute approximate surface area is 129 Å². The molecule has 2 atom stereocenters. The number of ether oxygens (including phenoxy) is 1. The van der Waals surface area contributed by atoms with E-state index in [0.717, 1.165) is 38.8 Å². The third-order valence-corrected chi connectivity index (χ3v) is 4.65. The van der Waals surface area contributed by atoms with E-state index in [1.165, 1.54) is 12.3 Å². The van der Waals surface area contributed by atoms with Gasteiger partial charge in [-0.1, -0.05) is 0 Å². The van der Waals surface area contributed by atoms with Crippen molar-refractivity contribution in [2.24, 2.45) is 11.8 Å². The van der Waals surface area contributed by atoms with E-state index in [4.69, 9.17) is 4.74 Å². The molecule has 0 aliphatic carbocycles. The molecule has 6 heteroatoms. The first-order valence-corrected chi connectivity index (χ1v) is 8.04. The second-order valence-corrected chi connectivity index (χ2v) is 6.15. The standard InChI is InChI=1S/C16H23N3O3/c20-14-3-7-18-10-13(14)19-16(21)12-4-8-22-15(12)9-11-1-5-17-6-2-11/h3,7,10-12,15,17H,1-2,4-6,8-9H2,(H,18,20)(H,19,21)/t12-,15-/m1/s1. The summed E-state index contributed by atoms with van der Waals surface area (Å²) in [6.07, 6.45) is 7.01. The second-order valence-electron chi connectivity index (χ2n) is 6.15. The Morgan fingerprint density at radius 2 is 2.14 bits per heavy atom. The minimum atomic E-state index is -0.180. The molecule has 3 rings (SSSR count). The minimum Gasteiger partial charge on any atom is -0.377 e. The molecule has 0 saturated carbocycles. The van der Waals surface area contributed by atoms with Gasteiger partial charge in [0.1, 0.15) is 5.69 Å². The zero-order valence-corrected chi connectivity index (χ0v) is 12.6. The SMILES string of the molecule is O=C(Nc1c[nH]ccc1=O)[C@@H]1CCO[C@@H]1CC1CCNCC1. The van der Waals surface area contributed by atoms with Crippen molar-refractivity contribution in [2.45, 2.75) is 31.8 Å². The Balaban J connectivity index is 1.61. The third kappa shape index (κ3) is 3.56. The summed E-state index contributed by atoms with van der Waals surface area (Å²) in [7, 11) is 0. The van der Waals surface area contributed by atoms with E-state index in [9.17, 15) is 9.59 Å². The van der Waals surface area contributed by atoms with E-state index >= 15 is 0 Å². The molecule has 2 saturated heterocycles. The van der Waals surface area contributed by atoms with Crippen molar-refractivity contribution < 1.29 is 9.53 Å². The highest BCUT2D eigenvalue weighted by molar-refractivity contribution is 5.92. The predicted octanol–water partition coefficient (Wildman–Crippen LogP) is 1.11. The van der Waals surface area contributed by atoms with Crippen LogP contribution in [0.4, 0.5) is 5.69 Å². The number of carbonyl (C=O) groups is 1. The van der Waals surface area contributed by atoms with Gasteiger partial charge in [-0.15, -0.1) is 0 Å². The molecule has 0 radical (unpaired) electrons. The first-order chi connectivity index (χ1) is 10.7. The van der Waals surface area contributed by atoms with Crippen LogP contribution < -0.4 is 16.1 Å². The van der Waals surface area contributed by atoms with Crippen LogP contribution >= 0.6 is 0 Å². The lowest BCUT2D eigenvalue weighted by Gasteiger charge is -2.27. The molecule has 0 spiro atoms. The number of pyridine rings is 1. The summed E-state index contributed by atoms with van der Waals surface area (Å²) in [5.41, 5.74) is 0.126. The van der Waals surface area contributed by atoms with Crippen LogP contribution in [0.1, 0.15) is 25.7 Å². The van der Waals surface area contributed by atoms with Crippen LogP contribution in [0.2, 0.25) is 0 Å². The van der Waals surface area contributed by atoms with Gasteiger partial charge < -0.3 is 20.4 Å². The van der Waals surface area contributed by atoms with E-state index < -0.39 is 0 Å². The summed E-state index contributed by atoms with van der Waals surface area (Å²) in [5, 5.41) is 6.10. The molecule has 3 heterocycles. The molecule has 2 fully saturated rings. The molecule has 120 valence electrons. The van der Waals surface area contributed by atoms with Gasteiger partial charge in [-0.25, -0.2) is 0 Å². The zero-order valence-electron chi connectivity index (χ0n) is 12.6. The quantitative estimate of drug-likeness (QED) is 0.778. The molecule has 1 aromatic heterocycles. The molecule has 0 unspecified atom stereocenters. The van der Waals surface area contributed by atoms with Crippen LogP contribution in [-0.2, 0) is 9.53 Å².